The summed E-state index contributed by atoms with van der Waals surface area (Å²) in [5.41, 5.74) is 2.10. The Hall–Kier alpha value is -3.38. The maximum absolute atomic E-state index is 13.9. The second kappa shape index (κ2) is 10.2. The zero-order valence-electron chi connectivity index (χ0n) is 19.8. The Bertz CT molecular complexity index is 1370. The largest absolute Gasteiger partial charge is 0.336 e. The third kappa shape index (κ3) is 5.08. The van der Waals surface area contributed by atoms with Gasteiger partial charge in [-0.1, -0.05) is 17.7 Å². The van der Waals surface area contributed by atoms with Crippen LogP contribution in [0.25, 0.3) is 5.57 Å². The minimum Gasteiger partial charge on any atom is -0.336 e. The predicted octanol–water partition coefficient (Wildman–Crippen LogP) is 5.22. The molecule has 2 atom stereocenters. The van der Waals surface area contributed by atoms with Crippen molar-refractivity contribution in [3.05, 3.63) is 74.8 Å². The number of amidine groups is 1. The summed E-state index contributed by atoms with van der Waals surface area (Å²) >= 11 is 7.86. The molecule has 1 fully saturated rings. The van der Waals surface area contributed by atoms with Gasteiger partial charge in [-0.3, -0.25) is 4.99 Å². The van der Waals surface area contributed by atoms with Crippen molar-refractivity contribution in [1.82, 2.24) is 30.3 Å². The zero-order valence-corrected chi connectivity index (χ0v) is 21.4. The molecule has 0 spiro atoms. The number of nitrogens with zero attached hydrogens (tertiary/aromatic N) is 5. The number of amides is 2. The first-order valence-electron chi connectivity index (χ1n) is 11.5. The van der Waals surface area contributed by atoms with Crippen molar-refractivity contribution in [1.29, 1.82) is 0 Å². The summed E-state index contributed by atoms with van der Waals surface area (Å²) in [6, 6.07) is 4.08. The fourth-order valence-electron chi connectivity index (χ4n) is 4.54. The van der Waals surface area contributed by atoms with Crippen molar-refractivity contribution < 1.29 is 18.0 Å². The maximum Gasteiger partial charge on any atom is 0.333 e. The van der Waals surface area contributed by atoms with E-state index in [1.54, 1.807) is 6.20 Å². The van der Waals surface area contributed by atoms with Gasteiger partial charge in [0, 0.05) is 58.6 Å². The van der Waals surface area contributed by atoms with Gasteiger partial charge in [0.1, 0.15) is 11.9 Å². The molecule has 37 heavy (non-hydrogen) atoms. The Morgan fingerprint density at radius 1 is 1.27 bits per heavy atom. The lowest BCUT2D eigenvalue weighted by Gasteiger charge is -2.32. The number of benzene rings is 1. The highest BCUT2D eigenvalue weighted by Gasteiger charge is 2.41. The van der Waals surface area contributed by atoms with Gasteiger partial charge >= 0.3 is 12.6 Å². The smallest absolute Gasteiger partial charge is 0.333 e. The number of carbonyl (C=O) groups excluding carboxylic acids is 1. The van der Waals surface area contributed by atoms with Crippen LogP contribution in [0.2, 0.25) is 5.02 Å². The minimum atomic E-state index is -2.82. The lowest BCUT2D eigenvalue weighted by Crippen LogP contribution is -2.46. The topological polar surface area (TPSA) is 87.4 Å². The van der Waals surface area contributed by atoms with Gasteiger partial charge in [-0.2, -0.15) is 13.9 Å². The summed E-state index contributed by atoms with van der Waals surface area (Å²) in [7, 11) is 0. The molecule has 1 aromatic carbocycles. The average molecular weight is 550 g/mol. The van der Waals surface area contributed by atoms with E-state index in [0.29, 0.717) is 45.3 Å². The number of fused-ring (bicyclic) bond motifs is 1. The predicted molar refractivity (Wildman–Crippen MR) is 135 cm³/mol. The van der Waals surface area contributed by atoms with Crippen LogP contribution in [-0.2, 0) is 0 Å². The molecule has 0 aliphatic carbocycles. The molecule has 194 valence electrons. The molecule has 0 bridgehead atoms. The molecule has 2 N–H and O–H groups in total. The monoisotopic (exact) mass is 549 g/mol. The van der Waals surface area contributed by atoms with Crippen LogP contribution in [0.4, 0.5) is 18.0 Å². The number of hydrogen-bond donors (Lipinski definition) is 2. The van der Waals surface area contributed by atoms with E-state index in [9.17, 15) is 18.0 Å². The van der Waals surface area contributed by atoms with E-state index in [1.807, 2.05) is 24.1 Å². The highest BCUT2D eigenvalue weighted by Crippen LogP contribution is 2.46. The van der Waals surface area contributed by atoms with Gasteiger partial charge in [0.25, 0.3) is 0 Å². The van der Waals surface area contributed by atoms with Gasteiger partial charge in [-0.25, -0.2) is 18.9 Å². The summed E-state index contributed by atoms with van der Waals surface area (Å²) in [5, 5.41) is 12.5. The van der Waals surface area contributed by atoms with E-state index in [1.165, 1.54) is 41.8 Å². The van der Waals surface area contributed by atoms with Crippen LogP contribution in [0.1, 0.15) is 49.1 Å². The van der Waals surface area contributed by atoms with Crippen LogP contribution in [0.5, 0.6) is 0 Å². The average Bonchev–Trinajstić information content (AvgIpc) is 3.58. The second-order valence-corrected chi connectivity index (χ2v) is 10.3. The summed E-state index contributed by atoms with van der Waals surface area (Å²) in [6.45, 7) is 1.30. The van der Waals surface area contributed by atoms with Crippen molar-refractivity contribution in [3.8, 4) is 0 Å². The quantitative estimate of drug-likeness (QED) is 0.441. The third-order valence-corrected chi connectivity index (χ3v) is 7.08. The van der Waals surface area contributed by atoms with E-state index in [0.717, 1.165) is 5.70 Å². The fraction of sp³-hybridized carbons (Fsp3) is 0.333. The van der Waals surface area contributed by atoms with E-state index in [2.05, 4.69) is 20.7 Å². The van der Waals surface area contributed by atoms with Crippen molar-refractivity contribution in [2.75, 3.05) is 6.54 Å². The number of urea groups is 1. The summed E-state index contributed by atoms with van der Waals surface area (Å²) < 4.78 is 41.3. The Labute approximate surface area is 219 Å². The number of halogens is 4. The van der Waals surface area contributed by atoms with E-state index in [4.69, 9.17) is 16.6 Å². The Balaban J connectivity index is 1.65. The van der Waals surface area contributed by atoms with Gasteiger partial charge in [0.15, 0.2) is 10.8 Å². The van der Waals surface area contributed by atoms with Crippen LogP contribution in [0.15, 0.2) is 52.7 Å². The van der Waals surface area contributed by atoms with Gasteiger partial charge in [-0.15, -0.1) is 11.3 Å². The maximum atomic E-state index is 13.9. The Kier molecular flexibility index (Phi) is 6.95. The van der Waals surface area contributed by atoms with Crippen LogP contribution in [0.3, 0.4) is 0 Å². The molecular formula is C24H23ClF3N7OS. The number of carbonyl (C=O) groups is 1. The molecule has 2 aliphatic heterocycles. The molecule has 4 heterocycles. The first-order valence-corrected chi connectivity index (χ1v) is 12.8. The highest BCUT2D eigenvalue weighted by atomic mass is 35.5. The standard InChI is InChI=1S/C24H23ClF3N7OS/c1-12(2)30-24(36)31-14-10-18-19(17-5-7-35(33-17)23(27)28)20(15-4-3-13(26)9-16(15)25)32-21(34(18)11-14)22-29-6-8-37-22/h3-9,12,14,20,23H,10-11H2,1-2H3,(H2,30,31,36)/t14-,20-/m0/s1. The molecule has 1 saturated heterocycles. The van der Waals surface area contributed by atoms with Crippen molar-refractivity contribution in [2.24, 2.45) is 4.99 Å². The first kappa shape index (κ1) is 25.3. The summed E-state index contributed by atoms with van der Waals surface area (Å²) in [4.78, 5) is 23.8. The van der Waals surface area contributed by atoms with Crippen molar-refractivity contribution >= 4 is 40.4 Å². The molecule has 5 rings (SSSR count). The van der Waals surface area contributed by atoms with Crippen LogP contribution >= 0.6 is 22.9 Å². The number of alkyl halides is 2. The lowest BCUT2D eigenvalue weighted by atomic mass is 9.92. The molecule has 13 heteroatoms. The van der Waals surface area contributed by atoms with Gasteiger partial charge < -0.3 is 15.5 Å². The SMILES string of the molecule is CC(C)NC(=O)N[C@H]1CC2=C(c3ccn(C(F)F)n3)[C@H](c3ccc(F)cc3Cl)N=C(c3nccs3)N2C1. The summed E-state index contributed by atoms with van der Waals surface area (Å²) in [6.07, 6.45) is 3.25. The van der Waals surface area contributed by atoms with E-state index in [-0.39, 0.29) is 23.1 Å². The Morgan fingerprint density at radius 2 is 2.08 bits per heavy atom. The molecule has 2 aliphatic rings. The lowest BCUT2D eigenvalue weighted by molar-refractivity contribution is 0.0564. The number of aliphatic imine (C=N–C) groups is 1. The number of thiazole rings is 1. The third-order valence-electron chi connectivity index (χ3n) is 5.98. The van der Waals surface area contributed by atoms with Gasteiger partial charge in [0.05, 0.1) is 11.7 Å². The Morgan fingerprint density at radius 3 is 2.73 bits per heavy atom. The second-order valence-electron chi connectivity index (χ2n) is 8.96. The number of rotatable bonds is 6. The number of aromatic nitrogens is 3. The summed E-state index contributed by atoms with van der Waals surface area (Å²) in [5.74, 6) is 0.0498. The first-order chi connectivity index (χ1) is 17.7. The molecule has 8 nitrogen and oxygen atoms in total. The fourth-order valence-corrected chi connectivity index (χ4v) is 5.45. The highest BCUT2D eigenvalue weighted by molar-refractivity contribution is 7.11. The molecule has 0 saturated carbocycles. The van der Waals surface area contributed by atoms with Gasteiger partial charge in [-0.05, 0) is 32.0 Å². The molecule has 2 amide bonds. The van der Waals surface area contributed by atoms with Crippen molar-refractivity contribution in [3.63, 3.8) is 0 Å². The van der Waals surface area contributed by atoms with Crippen LogP contribution in [-0.4, -0.2) is 50.2 Å². The van der Waals surface area contributed by atoms with Crippen LogP contribution in [0, 0.1) is 5.82 Å². The molecular weight excluding hydrogens is 527 g/mol. The molecule has 3 aromatic rings. The molecule has 0 radical (unpaired) electrons. The normalized spacial score (nSPS) is 19.5. The number of hydrogen-bond acceptors (Lipinski definition) is 6. The molecule has 2 aromatic heterocycles. The van der Waals surface area contributed by atoms with E-state index < -0.39 is 18.4 Å². The zero-order chi connectivity index (χ0) is 26.3. The van der Waals surface area contributed by atoms with Gasteiger partial charge in [0.2, 0.25) is 0 Å². The van der Waals surface area contributed by atoms with E-state index >= 15 is 0 Å². The van der Waals surface area contributed by atoms with Crippen LogP contribution < -0.4 is 10.6 Å². The molecule has 0 unspecified atom stereocenters. The number of nitrogens with one attached hydrogen (secondary N) is 2. The van der Waals surface area contributed by atoms with Crippen molar-refractivity contribution in [2.45, 2.75) is 44.9 Å². The minimum absolute atomic E-state index is 0.0467.